The molecule has 0 saturated heterocycles. The maximum absolute atomic E-state index is 0. The van der Waals surface area contributed by atoms with Crippen LogP contribution in [-0.4, -0.2) is 326 Å². The van der Waals surface area contributed by atoms with Gasteiger partial charge in [0.2, 0.25) is 0 Å². The van der Waals surface area contributed by atoms with Crippen molar-refractivity contribution in [1.82, 2.24) is 0 Å². The molecule has 0 bridgehead atoms. The largest absolute Gasteiger partial charge is 2.00 e. The van der Waals surface area contributed by atoms with Gasteiger partial charge in [0.15, 0.2) is 0 Å². The van der Waals surface area contributed by atoms with Gasteiger partial charge in [-0.05, 0) is 0 Å². The normalized spacial score (nSPS) is 0. The van der Waals surface area contributed by atoms with Crippen molar-refractivity contribution in [2.75, 3.05) is 0 Å². The molecule has 0 amide bonds. The van der Waals surface area contributed by atoms with E-state index in [4.69, 9.17) is 0 Å². The molecule has 0 saturated carbocycles. The summed E-state index contributed by atoms with van der Waals surface area (Å²) >= 11 is 0. The van der Waals surface area contributed by atoms with Gasteiger partial charge in [0.05, 0.1) is 0 Å². The summed E-state index contributed by atoms with van der Waals surface area (Å²) in [7, 11) is 0. The zero-order chi connectivity index (χ0) is 0. The van der Waals surface area contributed by atoms with E-state index in [2.05, 4.69) is 0 Å². The van der Waals surface area contributed by atoms with Crippen LogP contribution in [0.2, 0.25) is 0 Å². The third-order valence-corrected chi connectivity index (χ3v) is 0. The van der Waals surface area contributed by atoms with Crippen LogP contribution >= 0.6 is 0 Å². The summed E-state index contributed by atoms with van der Waals surface area (Å²) in [6.45, 7) is 0. The van der Waals surface area contributed by atoms with Crippen LogP contribution in [0.25, 0.3) is 0 Å². The van der Waals surface area contributed by atoms with Gasteiger partial charge in [-0.1, -0.05) is 0 Å². The Labute approximate surface area is 334 Å². The van der Waals surface area contributed by atoms with Crippen LogP contribution in [0.4, 0.5) is 0 Å². The van der Waals surface area contributed by atoms with Gasteiger partial charge in [0.25, 0.3) is 0 Å². The minimum absolute atomic E-state index is 0. The molecule has 0 fully saturated rings. The van der Waals surface area contributed by atoms with Crippen LogP contribution in [0, 0.1) is 0 Å². The zero-order valence-electron chi connectivity index (χ0n) is 26.0. The van der Waals surface area contributed by atoms with Crippen LogP contribution < -0.4 is 0 Å². The van der Waals surface area contributed by atoms with E-state index in [0.717, 1.165) is 0 Å². The van der Waals surface area contributed by atoms with E-state index >= 15 is 0 Å². The van der Waals surface area contributed by atoms with E-state index in [9.17, 15) is 0 Å². The van der Waals surface area contributed by atoms with Crippen LogP contribution in [0.5, 0.6) is 0 Å². The molecule has 0 aliphatic carbocycles. The summed E-state index contributed by atoms with van der Waals surface area (Å²) < 4.78 is 0. The molecule has 0 aromatic rings. The number of hydrogen-bond acceptors (Lipinski definition) is 0. The molecular weight excluding hydrogens is 600 g/mol. The average molecular weight is 661 g/mol. The Bertz CT molecular complexity index is 52.0. The van der Waals surface area contributed by atoms with Gasteiger partial charge in [-0.2, -0.15) is 0 Å². The van der Waals surface area contributed by atoms with Crippen molar-refractivity contribution >= 4 is 189 Å². The van der Waals surface area contributed by atoms with Crippen molar-refractivity contribution in [3.8, 4) is 0 Å². The Balaban J connectivity index is 0. The first-order chi connectivity index (χ1) is 0. The number of hydrogen-bond donors (Lipinski definition) is 0. The quantitative estimate of drug-likeness (QED) is 0.218. The van der Waals surface area contributed by atoms with Crippen molar-refractivity contribution in [3.63, 3.8) is 0 Å². The standard InChI is InChI=1S/5Ca.25H2O.10H/h;;;;;25*1H2;;;;;;;;;;/q5*+2;;;;;;;;;;;;;;;;;;;;;;;;;;10*-1. The SMILES string of the molecule is O.O.O.O.O.O.O.O.O.O.O.O.O.O.O.O.O.O.O.O.O.O.O.O.O.[Ca+2].[Ca+2].[Ca+2].[Ca+2].[Ca+2].[H-].[H-].[H-].[H-].[H-].[H-].[H-].[H-].[H-].[H-]. The molecule has 30 heteroatoms. The molecule has 0 unspecified atom stereocenters. The predicted octanol–water partition coefficient (Wildman–Crippen LogP) is -21.4. The molecule has 0 radical (unpaired) electrons. The van der Waals surface area contributed by atoms with Crippen molar-refractivity contribution in [1.29, 1.82) is 0 Å². The van der Waals surface area contributed by atoms with Crippen molar-refractivity contribution in [2.45, 2.75) is 0 Å². The third-order valence-electron chi connectivity index (χ3n) is 0. The summed E-state index contributed by atoms with van der Waals surface area (Å²) in [5.41, 5.74) is 0. The summed E-state index contributed by atoms with van der Waals surface area (Å²) in [5.74, 6) is 0. The average Bonchev–Trinajstić information content (AvgIpc) is 0. The van der Waals surface area contributed by atoms with Crippen LogP contribution in [-0.2, 0) is 0 Å². The fourth-order valence-electron chi connectivity index (χ4n) is 0. The minimum Gasteiger partial charge on any atom is -1.00 e. The Morgan fingerprint density at radius 2 is 0.100 bits per heavy atom. The first-order valence-corrected chi connectivity index (χ1v) is 0. The second-order valence-electron chi connectivity index (χ2n) is 0. The Hall–Kier alpha value is 5.30. The fourth-order valence-corrected chi connectivity index (χ4v) is 0. The van der Waals surface area contributed by atoms with Gasteiger partial charge in [0.1, 0.15) is 0 Å². The number of rotatable bonds is 0. The Morgan fingerprint density at radius 3 is 0.100 bits per heavy atom. The fraction of sp³-hybridized carbons (Fsp3) is 0. The summed E-state index contributed by atoms with van der Waals surface area (Å²) in [6.07, 6.45) is 0. The smallest absolute Gasteiger partial charge is 1.00 e. The second kappa shape index (κ2) is 1350. The van der Waals surface area contributed by atoms with Gasteiger partial charge in [-0.25, -0.2) is 0 Å². The first-order valence-electron chi connectivity index (χ1n) is 0. The predicted molar refractivity (Wildman–Crippen MR) is 130 cm³/mol. The van der Waals surface area contributed by atoms with Gasteiger partial charge >= 0.3 is 189 Å². The Morgan fingerprint density at radius 1 is 0.100 bits per heavy atom. The maximum atomic E-state index is 0. The molecule has 30 heavy (non-hydrogen) atoms. The van der Waals surface area contributed by atoms with Crippen molar-refractivity contribution < 1.29 is 151 Å². The molecule has 0 heterocycles. The van der Waals surface area contributed by atoms with Crippen LogP contribution in [0.1, 0.15) is 14.3 Å². The maximum Gasteiger partial charge on any atom is 2.00 e. The molecule has 25 nitrogen and oxygen atoms in total. The topological polar surface area (TPSA) is 788 Å². The molecule has 50 N–H and O–H groups in total. The molecule has 0 aromatic heterocycles. The monoisotopic (exact) mass is 660 g/mol. The summed E-state index contributed by atoms with van der Waals surface area (Å²) in [6, 6.07) is 0. The molecule has 0 spiro atoms. The molecular formula is H60Ca5O25. The molecule has 0 aliphatic rings. The molecule has 0 atom stereocenters. The summed E-state index contributed by atoms with van der Waals surface area (Å²) in [5, 5.41) is 0. The molecule has 0 aromatic carbocycles. The minimum atomic E-state index is 0. The van der Waals surface area contributed by atoms with Crippen molar-refractivity contribution in [2.24, 2.45) is 0 Å². The van der Waals surface area contributed by atoms with Gasteiger partial charge in [-0.3, -0.25) is 0 Å². The van der Waals surface area contributed by atoms with E-state index in [1.807, 2.05) is 0 Å². The van der Waals surface area contributed by atoms with E-state index in [0.29, 0.717) is 0 Å². The Kier molecular flexibility index (Phi) is 66800. The van der Waals surface area contributed by atoms with E-state index in [1.165, 1.54) is 0 Å². The van der Waals surface area contributed by atoms with Crippen LogP contribution in [0.3, 0.4) is 0 Å². The van der Waals surface area contributed by atoms with E-state index in [-0.39, 0.29) is 340 Å². The van der Waals surface area contributed by atoms with E-state index in [1.54, 1.807) is 0 Å². The molecule has 0 aliphatic heterocycles. The first kappa shape index (κ1) is 1480. The zero-order valence-corrected chi connectivity index (χ0v) is 27.1. The van der Waals surface area contributed by atoms with Crippen molar-refractivity contribution in [3.05, 3.63) is 0 Å². The second-order valence-corrected chi connectivity index (χ2v) is 0. The van der Waals surface area contributed by atoms with E-state index < -0.39 is 0 Å². The van der Waals surface area contributed by atoms with Crippen LogP contribution in [0.15, 0.2) is 0 Å². The third kappa shape index (κ3) is 1240. The van der Waals surface area contributed by atoms with Gasteiger partial charge in [0, 0.05) is 0 Å². The van der Waals surface area contributed by atoms with Gasteiger partial charge in [-0.15, -0.1) is 0 Å². The van der Waals surface area contributed by atoms with Gasteiger partial charge < -0.3 is 151 Å². The molecule has 220 valence electrons. The summed E-state index contributed by atoms with van der Waals surface area (Å²) in [4.78, 5) is 0. The molecule has 0 rings (SSSR count).